The second kappa shape index (κ2) is 6.26. The van der Waals surface area contributed by atoms with E-state index in [0.29, 0.717) is 0 Å². The summed E-state index contributed by atoms with van der Waals surface area (Å²) in [7, 11) is 1.24. The number of ether oxygens (including phenoxy) is 2. The molecule has 0 radical (unpaired) electrons. The first kappa shape index (κ1) is 17.2. The lowest BCUT2D eigenvalue weighted by atomic mass is 10.1. The van der Waals surface area contributed by atoms with Gasteiger partial charge in [0.1, 0.15) is 18.0 Å². The van der Waals surface area contributed by atoms with Gasteiger partial charge in [0, 0.05) is 5.69 Å². The predicted molar refractivity (Wildman–Crippen MR) is 73.8 cm³/mol. The first-order chi connectivity index (χ1) is 9.59. The summed E-state index contributed by atoms with van der Waals surface area (Å²) < 4.78 is 37.2. The van der Waals surface area contributed by atoms with Gasteiger partial charge >= 0.3 is 6.09 Å². The molecule has 0 fully saturated rings. The molecule has 21 heavy (non-hydrogen) atoms. The molecule has 0 atom stereocenters. The van der Waals surface area contributed by atoms with Gasteiger partial charge in [0.2, 0.25) is 0 Å². The van der Waals surface area contributed by atoms with Crippen molar-refractivity contribution < 1.29 is 28.2 Å². The van der Waals surface area contributed by atoms with Crippen LogP contribution in [0.5, 0.6) is 5.75 Å². The van der Waals surface area contributed by atoms with Gasteiger partial charge in [-0.3, -0.25) is 5.32 Å². The molecule has 7 heteroatoms. The number of methoxy groups -OCH3 is 1. The van der Waals surface area contributed by atoms with Crippen LogP contribution in [0.3, 0.4) is 0 Å². The summed E-state index contributed by atoms with van der Waals surface area (Å²) in [6.45, 7) is 3.70. The number of halogens is 2. The fourth-order valence-electron chi connectivity index (χ4n) is 1.58. The van der Waals surface area contributed by atoms with Crippen LogP contribution < -0.4 is 10.1 Å². The highest BCUT2D eigenvalue weighted by Gasteiger charge is 2.34. The van der Waals surface area contributed by atoms with E-state index in [-0.39, 0.29) is 11.4 Å². The summed E-state index contributed by atoms with van der Waals surface area (Å²) in [4.78, 5) is 11.6. The van der Waals surface area contributed by atoms with E-state index < -0.39 is 29.8 Å². The van der Waals surface area contributed by atoms with E-state index in [1.807, 2.05) is 0 Å². The molecule has 5 nitrogen and oxygen atoms in total. The van der Waals surface area contributed by atoms with E-state index in [1.165, 1.54) is 19.2 Å². The van der Waals surface area contributed by atoms with Crippen molar-refractivity contribution in [2.24, 2.45) is 0 Å². The number of rotatable bonds is 4. The van der Waals surface area contributed by atoms with Gasteiger partial charge in [-0.05, 0) is 39.0 Å². The van der Waals surface area contributed by atoms with Crippen LogP contribution in [0.1, 0.15) is 26.3 Å². The molecule has 0 aromatic heterocycles. The van der Waals surface area contributed by atoms with E-state index in [1.54, 1.807) is 20.8 Å². The van der Waals surface area contributed by atoms with Gasteiger partial charge < -0.3 is 14.6 Å². The van der Waals surface area contributed by atoms with Gasteiger partial charge in [-0.1, -0.05) is 0 Å². The predicted octanol–water partition coefficient (Wildman–Crippen LogP) is 3.13. The van der Waals surface area contributed by atoms with Crippen molar-refractivity contribution >= 4 is 11.8 Å². The molecule has 0 aliphatic heterocycles. The third-order valence-electron chi connectivity index (χ3n) is 2.44. The number of hydrogen-bond donors (Lipinski definition) is 2. The van der Waals surface area contributed by atoms with Crippen LogP contribution in [0.25, 0.3) is 0 Å². The van der Waals surface area contributed by atoms with Crippen LogP contribution in [0.2, 0.25) is 0 Å². The molecular weight excluding hydrogens is 284 g/mol. The minimum absolute atomic E-state index is 0.0798. The first-order valence-electron chi connectivity index (χ1n) is 6.26. The molecule has 0 unspecified atom stereocenters. The number of hydrogen-bond acceptors (Lipinski definition) is 4. The lowest BCUT2D eigenvalue weighted by Gasteiger charge is -2.21. The lowest BCUT2D eigenvalue weighted by Crippen LogP contribution is -2.27. The zero-order valence-electron chi connectivity index (χ0n) is 12.4. The maximum Gasteiger partial charge on any atom is 0.412 e. The van der Waals surface area contributed by atoms with Gasteiger partial charge in [-0.15, -0.1) is 0 Å². The van der Waals surface area contributed by atoms with Crippen LogP contribution in [0.15, 0.2) is 18.2 Å². The molecule has 118 valence electrons. The third kappa shape index (κ3) is 4.86. The van der Waals surface area contributed by atoms with Crippen molar-refractivity contribution in [3.8, 4) is 5.75 Å². The molecule has 0 saturated heterocycles. The normalized spacial score (nSPS) is 12.0. The fraction of sp³-hybridized carbons (Fsp3) is 0.500. The van der Waals surface area contributed by atoms with Gasteiger partial charge in [-0.2, -0.15) is 8.78 Å². The monoisotopic (exact) mass is 303 g/mol. The zero-order valence-corrected chi connectivity index (χ0v) is 12.4. The average molecular weight is 303 g/mol. The smallest absolute Gasteiger partial charge is 0.412 e. The fourth-order valence-corrected chi connectivity index (χ4v) is 1.58. The molecular formula is C14H19F2NO4. The highest BCUT2D eigenvalue weighted by Crippen LogP contribution is 2.36. The van der Waals surface area contributed by atoms with Crippen molar-refractivity contribution in [2.75, 3.05) is 19.0 Å². The highest BCUT2D eigenvalue weighted by molar-refractivity contribution is 5.85. The first-order valence-corrected chi connectivity index (χ1v) is 6.26. The van der Waals surface area contributed by atoms with Gasteiger partial charge in [0.15, 0.2) is 0 Å². The van der Waals surface area contributed by atoms with Crippen LogP contribution in [0.4, 0.5) is 19.3 Å². The van der Waals surface area contributed by atoms with Gasteiger partial charge in [0.25, 0.3) is 5.92 Å². The van der Waals surface area contributed by atoms with Crippen LogP contribution in [-0.4, -0.2) is 30.5 Å². The van der Waals surface area contributed by atoms with E-state index in [4.69, 9.17) is 14.6 Å². The second-order valence-corrected chi connectivity index (χ2v) is 5.40. The Bertz CT molecular complexity index is 512. The molecule has 2 N–H and O–H groups in total. The third-order valence-corrected chi connectivity index (χ3v) is 2.44. The molecule has 1 rings (SSSR count). The molecule has 0 aliphatic rings. The van der Waals surface area contributed by atoms with Gasteiger partial charge in [-0.25, -0.2) is 4.79 Å². The summed E-state index contributed by atoms with van der Waals surface area (Å²) in [6.07, 6.45) is -0.758. The quantitative estimate of drug-likeness (QED) is 0.896. The maximum atomic E-state index is 13.6. The molecule has 1 amide bonds. The van der Waals surface area contributed by atoms with Crippen molar-refractivity contribution in [3.63, 3.8) is 0 Å². The summed E-state index contributed by atoms with van der Waals surface area (Å²) >= 11 is 0. The summed E-state index contributed by atoms with van der Waals surface area (Å²) in [6, 6.07) is 3.73. The largest absolute Gasteiger partial charge is 0.496 e. The van der Waals surface area contributed by atoms with Crippen LogP contribution in [0, 0.1) is 0 Å². The number of benzene rings is 1. The van der Waals surface area contributed by atoms with Gasteiger partial charge in [0.05, 0.1) is 12.7 Å². The van der Waals surface area contributed by atoms with Crippen molar-refractivity contribution in [3.05, 3.63) is 23.8 Å². The number of alkyl halides is 2. The molecule has 0 heterocycles. The second-order valence-electron chi connectivity index (χ2n) is 5.40. The minimum Gasteiger partial charge on any atom is -0.496 e. The van der Waals surface area contributed by atoms with Crippen molar-refractivity contribution in [2.45, 2.75) is 32.3 Å². The molecule has 1 aromatic rings. The lowest BCUT2D eigenvalue weighted by molar-refractivity contribution is -0.0570. The van der Waals surface area contributed by atoms with E-state index in [2.05, 4.69) is 5.32 Å². The van der Waals surface area contributed by atoms with Crippen LogP contribution in [-0.2, 0) is 10.7 Å². The van der Waals surface area contributed by atoms with Crippen LogP contribution >= 0.6 is 0 Å². The Labute approximate surface area is 121 Å². The molecule has 0 bridgehead atoms. The topological polar surface area (TPSA) is 67.8 Å². The summed E-state index contributed by atoms with van der Waals surface area (Å²) in [5, 5.41) is 11.1. The van der Waals surface area contributed by atoms with Crippen molar-refractivity contribution in [1.29, 1.82) is 0 Å². The number of amides is 1. The number of aliphatic hydroxyl groups excluding tert-OH is 1. The molecule has 1 aromatic carbocycles. The Kier molecular flexibility index (Phi) is 5.11. The minimum atomic E-state index is -3.48. The van der Waals surface area contributed by atoms with E-state index in [0.717, 1.165) is 6.07 Å². The zero-order chi connectivity index (χ0) is 16.3. The molecule has 0 spiro atoms. The Hall–Kier alpha value is -1.89. The Morgan fingerprint density at radius 3 is 2.43 bits per heavy atom. The average Bonchev–Trinajstić information content (AvgIpc) is 2.36. The standard InChI is InChI=1S/C14H19F2NO4/c1-13(2,3)21-12(19)17-9-5-6-11(20-4)10(7-9)14(15,16)8-18/h5-7,18H,8H2,1-4H3,(H,17,19). The number of nitrogens with one attached hydrogen (secondary N) is 1. The number of carbonyl (C=O) groups is 1. The number of carbonyl (C=O) groups excluding carboxylic acids is 1. The summed E-state index contributed by atoms with van der Waals surface area (Å²) in [5.41, 5.74) is -1.09. The van der Waals surface area contributed by atoms with E-state index in [9.17, 15) is 13.6 Å². The molecule has 0 aliphatic carbocycles. The number of aliphatic hydroxyl groups is 1. The maximum absolute atomic E-state index is 13.6. The summed E-state index contributed by atoms with van der Waals surface area (Å²) in [5.74, 6) is -3.56. The van der Waals surface area contributed by atoms with E-state index >= 15 is 0 Å². The Morgan fingerprint density at radius 1 is 1.33 bits per heavy atom. The Balaban J connectivity index is 3.01. The Morgan fingerprint density at radius 2 is 1.95 bits per heavy atom. The highest BCUT2D eigenvalue weighted by atomic mass is 19.3. The SMILES string of the molecule is COc1ccc(NC(=O)OC(C)(C)C)cc1C(F)(F)CO. The van der Waals surface area contributed by atoms with Crippen molar-refractivity contribution in [1.82, 2.24) is 0 Å². The molecule has 0 saturated carbocycles. The number of anilines is 1.